The quantitative estimate of drug-likeness (QED) is 0.836. The summed E-state index contributed by atoms with van der Waals surface area (Å²) >= 11 is 0. The van der Waals surface area contributed by atoms with E-state index in [2.05, 4.69) is 24.4 Å². The normalized spacial score (nSPS) is 17.8. The lowest BCUT2D eigenvalue weighted by molar-refractivity contribution is 0.156. The summed E-state index contributed by atoms with van der Waals surface area (Å²) in [6.07, 6.45) is 4.09. The number of hydrogen-bond donors (Lipinski definition) is 2. The number of nitrogens with one attached hydrogen (secondary N) is 1. The van der Waals surface area contributed by atoms with Crippen molar-refractivity contribution < 1.29 is 5.11 Å². The van der Waals surface area contributed by atoms with Gasteiger partial charge >= 0.3 is 0 Å². The molecule has 0 spiro atoms. The zero-order valence-corrected chi connectivity index (χ0v) is 11.1. The fourth-order valence-corrected chi connectivity index (χ4v) is 2.61. The zero-order valence-electron chi connectivity index (χ0n) is 11.1. The van der Waals surface area contributed by atoms with Crippen LogP contribution in [0.25, 0.3) is 0 Å². The highest BCUT2D eigenvalue weighted by atomic mass is 16.3. The molecule has 0 amide bonds. The molecule has 0 saturated heterocycles. The molecule has 2 heteroatoms. The van der Waals surface area contributed by atoms with Crippen LogP contribution in [0.3, 0.4) is 0 Å². The Morgan fingerprint density at radius 3 is 2.29 bits per heavy atom. The molecule has 0 aromatic heterocycles. The summed E-state index contributed by atoms with van der Waals surface area (Å²) in [5.74, 6) is 0.430. The molecule has 0 aliphatic heterocycles. The van der Waals surface area contributed by atoms with E-state index in [-0.39, 0.29) is 0 Å². The van der Waals surface area contributed by atoms with Crippen molar-refractivity contribution in [1.29, 1.82) is 0 Å². The van der Waals surface area contributed by atoms with E-state index < -0.39 is 0 Å². The maximum absolute atomic E-state index is 9.71. The van der Waals surface area contributed by atoms with E-state index in [4.69, 9.17) is 0 Å². The van der Waals surface area contributed by atoms with Crippen LogP contribution in [-0.2, 0) is 6.54 Å². The number of benzene rings is 1. The van der Waals surface area contributed by atoms with Gasteiger partial charge in [-0.15, -0.1) is 0 Å². The van der Waals surface area contributed by atoms with Gasteiger partial charge in [0.15, 0.2) is 0 Å². The van der Waals surface area contributed by atoms with Crippen LogP contribution in [0.15, 0.2) is 12.1 Å². The predicted molar refractivity (Wildman–Crippen MR) is 71.2 cm³/mol. The second kappa shape index (κ2) is 4.69. The van der Waals surface area contributed by atoms with Gasteiger partial charge in [-0.2, -0.15) is 0 Å². The third-order valence-electron chi connectivity index (χ3n) is 3.99. The number of hydrogen-bond acceptors (Lipinski definition) is 2. The van der Waals surface area contributed by atoms with Crippen molar-refractivity contribution >= 4 is 0 Å². The van der Waals surface area contributed by atoms with E-state index in [1.54, 1.807) is 0 Å². The second-order valence-electron chi connectivity index (χ2n) is 5.85. The Hall–Kier alpha value is -1.02. The molecular formula is C15H23NO. The summed E-state index contributed by atoms with van der Waals surface area (Å²) in [7, 11) is 0. The summed E-state index contributed by atoms with van der Waals surface area (Å²) in [4.78, 5) is 0. The Bertz CT molecular complexity index is 384. The van der Waals surface area contributed by atoms with Crippen molar-refractivity contribution in [3.8, 4) is 5.75 Å². The highest BCUT2D eigenvalue weighted by Crippen LogP contribution is 2.39. The fraction of sp³-hybridized carbons (Fsp3) is 0.600. The van der Waals surface area contributed by atoms with E-state index in [0.29, 0.717) is 11.2 Å². The van der Waals surface area contributed by atoms with Gasteiger partial charge in [0.2, 0.25) is 0 Å². The monoisotopic (exact) mass is 233 g/mol. The smallest absolute Gasteiger partial charge is 0.121 e. The van der Waals surface area contributed by atoms with E-state index in [0.717, 1.165) is 24.2 Å². The molecule has 0 radical (unpaired) electrons. The van der Waals surface area contributed by atoms with Crippen molar-refractivity contribution in [2.45, 2.75) is 46.6 Å². The molecular weight excluding hydrogens is 210 g/mol. The average Bonchev–Trinajstić information content (AvgIpc) is 2.23. The Morgan fingerprint density at radius 2 is 1.82 bits per heavy atom. The van der Waals surface area contributed by atoms with Gasteiger partial charge in [0.05, 0.1) is 0 Å². The van der Waals surface area contributed by atoms with Gasteiger partial charge in [0.25, 0.3) is 0 Å². The number of aryl methyl sites for hydroxylation is 2. The molecule has 1 aromatic carbocycles. The van der Waals surface area contributed by atoms with Gasteiger partial charge in [-0.3, -0.25) is 0 Å². The van der Waals surface area contributed by atoms with Gasteiger partial charge in [0.1, 0.15) is 5.75 Å². The molecule has 1 saturated carbocycles. The van der Waals surface area contributed by atoms with Crippen molar-refractivity contribution in [2.75, 3.05) is 6.54 Å². The van der Waals surface area contributed by atoms with Crippen molar-refractivity contribution in [3.63, 3.8) is 0 Å². The van der Waals surface area contributed by atoms with Crippen molar-refractivity contribution in [3.05, 3.63) is 28.8 Å². The minimum Gasteiger partial charge on any atom is -0.507 e. The van der Waals surface area contributed by atoms with Crippen LogP contribution in [0.1, 0.15) is 42.9 Å². The van der Waals surface area contributed by atoms with E-state index in [9.17, 15) is 5.11 Å². The lowest BCUT2D eigenvalue weighted by Crippen LogP contribution is -2.36. The van der Waals surface area contributed by atoms with Crippen LogP contribution in [0, 0.1) is 19.3 Å². The van der Waals surface area contributed by atoms with Crippen LogP contribution in [0.4, 0.5) is 0 Å². The topological polar surface area (TPSA) is 32.3 Å². The molecule has 1 fully saturated rings. The van der Waals surface area contributed by atoms with Crippen molar-refractivity contribution in [2.24, 2.45) is 5.41 Å². The van der Waals surface area contributed by atoms with Crippen LogP contribution in [0.2, 0.25) is 0 Å². The lowest BCUT2D eigenvalue weighted by Gasteiger charge is -2.38. The number of rotatable bonds is 4. The fourth-order valence-electron chi connectivity index (χ4n) is 2.61. The molecule has 1 aliphatic rings. The first-order chi connectivity index (χ1) is 8.00. The molecule has 0 bridgehead atoms. The van der Waals surface area contributed by atoms with Gasteiger partial charge in [0, 0.05) is 13.1 Å². The summed E-state index contributed by atoms with van der Waals surface area (Å²) in [5, 5.41) is 13.2. The third kappa shape index (κ3) is 2.81. The SMILES string of the molecule is Cc1cc(CNCC2(C)CCC2)cc(C)c1O. The largest absolute Gasteiger partial charge is 0.507 e. The molecule has 0 unspecified atom stereocenters. The zero-order chi connectivity index (χ0) is 12.5. The average molecular weight is 233 g/mol. The summed E-state index contributed by atoms with van der Waals surface area (Å²) < 4.78 is 0. The minimum absolute atomic E-state index is 0.430. The summed E-state index contributed by atoms with van der Waals surface area (Å²) in [5.41, 5.74) is 3.73. The van der Waals surface area contributed by atoms with Crippen LogP contribution < -0.4 is 5.32 Å². The first-order valence-corrected chi connectivity index (χ1v) is 6.50. The number of phenolic OH excluding ortho intramolecular Hbond substituents is 1. The minimum atomic E-state index is 0.430. The Kier molecular flexibility index (Phi) is 3.43. The highest BCUT2D eigenvalue weighted by molar-refractivity contribution is 5.42. The highest BCUT2D eigenvalue weighted by Gasteiger charge is 2.30. The molecule has 2 rings (SSSR count). The van der Waals surface area contributed by atoms with E-state index in [1.807, 2.05) is 13.8 Å². The van der Waals surface area contributed by atoms with Crippen molar-refractivity contribution in [1.82, 2.24) is 5.32 Å². The van der Waals surface area contributed by atoms with Crippen LogP contribution >= 0.6 is 0 Å². The third-order valence-corrected chi connectivity index (χ3v) is 3.99. The molecule has 2 nitrogen and oxygen atoms in total. The van der Waals surface area contributed by atoms with Gasteiger partial charge < -0.3 is 10.4 Å². The molecule has 2 N–H and O–H groups in total. The predicted octanol–water partition coefficient (Wildman–Crippen LogP) is 3.29. The van der Waals surface area contributed by atoms with Gasteiger partial charge in [-0.05, 0) is 48.8 Å². The number of aromatic hydroxyl groups is 1. The van der Waals surface area contributed by atoms with Gasteiger partial charge in [-0.1, -0.05) is 25.5 Å². The standard InChI is InChI=1S/C15H23NO/c1-11-7-13(8-12(2)14(11)17)9-16-10-15(3)5-4-6-15/h7-8,16-17H,4-6,9-10H2,1-3H3. The summed E-state index contributed by atoms with van der Waals surface area (Å²) in [6, 6.07) is 4.14. The molecule has 1 aromatic rings. The Balaban J connectivity index is 1.90. The Labute approximate surface area is 104 Å². The van der Waals surface area contributed by atoms with Crippen LogP contribution in [0.5, 0.6) is 5.75 Å². The first kappa shape index (κ1) is 12.4. The maximum atomic E-state index is 9.71. The molecule has 0 atom stereocenters. The van der Waals surface area contributed by atoms with Gasteiger partial charge in [-0.25, -0.2) is 0 Å². The van der Waals surface area contributed by atoms with E-state index >= 15 is 0 Å². The maximum Gasteiger partial charge on any atom is 0.121 e. The molecule has 0 heterocycles. The van der Waals surface area contributed by atoms with E-state index in [1.165, 1.54) is 24.8 Å². The lowest BCUT2D eigenvalue weighted by atomic mass is 9.70. The summed E-state index contributed by atoms with van der Waals surface area (Å²) in [6.45, 7) is 8.28. The molecule has 1 aliphatic carbocycles. The second-order valence-corrected chi connectivity index (χ2v) is 5.85. The number of phenols is 1. The molecule has 94 valence electrons. The first-order valence-electron chi connectivity index (χ1n) is 6.50. The molecule has 17 heavy (non-hydrogen) atoms. The Morgan fingerprint density at radius 1 is 1.24 bits per heavy atom. The van der Waals surface area contributed by atoms with Crippen LogP contribution in [-0.4, -0.2) is 11.7 Å².